The number of nitrogens with zero attached hydrogens (tertiary/aromatic N) is 2. The van der Waals surface area contributed by atoms with Crippen molar-refractivity contribution in [1.82, 2.24) is 15.5 Å². The molecule has 3 rings (SSSR count). The molecule has 2 aliphatic rings. The molecule has 2 heterocycles. The lowest BCUT2D eigenvalue weighted by Crippen LogP contribution is -2.55. The maximum Gasteiger partial charge on any atom is 0.309 e. The van der Waals surface area contributed by atoms with Gasteiger partial charge in [-0.1, -0.05) is 45.9 Å². The van der Waals surface area contributed by atoms with E-state index in [0.29, 0.717) is 12.1 Å². The van der Waals surface area contributed by atoms with Gasteiger partial charge in [-0.3, -0.25) is 19.2 Å². The molecule has 0 saturated carbocycles. The largest absolute Gasteiger partial charge is 0.345 e. The summed E-state index contributed by atoms with van der Waals surface area (Å²) in [6, 6.07) is 7.40. The van der Waals surface area contributed by atoms with Crippen LogP contribution in [0.1, 0.15) is 59.4 Å². The van der Waals surface area contributed by atoms with Gasteiger partial charge < -0.3 is 20.9 Å². The fourth-order valence-electron chi connectivity index (χ4n) is 4.61. The van der Waals surface area contributed by atoms with E-state index in [1.165, 1.54) is 4.90 Å². The fourth-order valence-corrected chi connectivity index (χ4v) is 4.61. The average molecular weight is 468 g/mol. The zero-order valence-electron chi connectivity index (χ0n) is 20.4. The Balaban J connectivity index is 1.87. The molecule has 0 aliphatic carbocycles. The highest BCUT2D eigenvalue weighted by Gasteiger charge is 2.56. The second-order valence-corrected chi connectivity index (χ2v) is 10.5. The smallest absolute Gasteiger partial charge is 0.309 e. The number of benzene rings is 1. The zero-order valence-corrected chi connectivity index (χ0v) is 20.4. The quantitative estimate of drug-likeness (QED) is 0.569. The number of amides is 4. The molecule has 1 spiro atoms. The zero-order chi connectivity index (χ0) is 25.3. The number of hydrogen-bond acceptors (Lipinski definition) is 5. The van der Waals surface area contributed by atoms with Gasteiger partial charge >= 0.3 is 11.8 Å². The molecule has 2 aliphatic heterocycles. The first-order valence-corrected chi connectivity index (χ1v) is 11.6. The van der Waals surface area contributed by atoms with Crippen LogP contribution in [0.3, 0.4) is 0 Å². The highest BCUT2D eigenvalue weighted by Crippen LogP contribution is 2.46. The van der Waals surface area contributed by atoms with Crippen LogP contribution in [-0.4, -0.2) is 53.2 Å². The predicted octanol–water partition coefficient (Wildman–Crippen LogP) is 1.84. The van der Waals surface area contributed by atoms with Crippen LogP contribution in [0.5, 0.6) is 0 Å². The van der Waals surface area contributed by atoms with Gasteiger partial charge in [0.05, 0.1) is 11.5 Å². The van der Waals surface area contributed by atoms with Crippen LogP contribution in [0.15, 0.2) is 24.3 Å². The van der Waals surface area contributed by atoms with Crippen molar-refractivity contribution in [2.75, 3.05) is 11.9 Å². The van der Waals surface area contributed by atoms with Crippen molar-refractivity contribution >= 4 is 29.3 Å². The average Bonchev–Trinajstić information content (AvgIpc) is 3.30. The maximum atomic E-state index is 13.7. The molecule has 0 radical (unpaired) electrons. The monoisotopic (exact) mass is 467 g/mol. The Morgan fingerprint density at radius 3 is 2.50 bits per heavy atom. The van der Waals surface area contributed by atoms with E-state index < -0.39 is 35.2 Å². The second kappa shape index (κ2) is 9.45. The molecule has 4 amide bonds. The van der Waals surface area contributed by atoms with Crippen LogP contribution in [0, 0.1) is 16.7 Å². The van der Waals surface area contributed by atoms with Crippen molar-refractivity contribution in [2.24, 2.45) is 5.41 Å². The number of anilines is 1. The molecule has 9 nitrogen and oxygen atoms in total. The molecule has 4 atom stereocenters. The predicted molar refractivity (Wildman–Crippen MR) is 126 cm³/mol. The number of nitrogens with one attached hydrogen (secondary N) is 3. The van der Waals surface area contributed by atoms with E-state index in [1.807, 2.05) is 45.9 Å². The molecule has 9 heteroatoms. The van der Waals surface area contributed by atoms with E-state index in [-0.39, 0.29) is 36.8 Å². The van der Waals surface area contributed by atoms with Gasteiger partial charge in [0.2, 0.25) is 11.8 Å². The van der Waals surface area contributed by atoms with E-state index in [9.17, 15) is 24.4 Å². The van der Waals surface area contributed by atoms with Gasteiger partial charge in [0.15, 0.2) is 0 Å². The summed E-state index contributed by atoms with van der Waals surface area (Å²) in [6.07, 6.45) is 1.09. The SMILES string of the molecule is CCC(C)NC(=O)C(=O)N[C@@H](CC(C)(C)C)C(=O)N1C[C@]2(C[C@H]1C#N)C(=O)Nc1ccccc12. The number of hydrogen-bond donors (Lipinski definition) is 3. The third-order valence-electron chi connectivity index (χ3n) is 6.53. The standard InChI is InChI=1S/C25H33N5O4/c1-6-15(2)27-20(31)21(32)28-19(12-24(3,4)5)22(33)30-14-25(11-16(30)13-26)17-9-7-8-10-18(17)29-23(25)34/h7-10,15-16,19H,6,11-12,14H2,1-5H3,(H,27,31)(H,28,32)(H,29,34)/t15?,16-,19-,25-/m0/s1. The number of nitriles is 1. The Kier molecular flexibility index (Phi) is 7.01. The minimum Gasteiger partial charge on any atom is -0.345 e. The second-order valence-electron chi connectivity index (χ2n) is 10.5. The normalized spacial score (nSPS) is 23.0. The minimum absolute atomic E-state index is 0.0302. The van der Waals surface area contributed by atoms with Crippen LogP contribution in [0.2, 0.25) is 0 Å². The molecule has 1 aromatic carbocycles. The summed E-state index contributed by atoms with van der Waals surface area (Å²) < 4.78 is 0. The summed E-state index contributed by atoms with van der Waals surface area (Å²) in [6.45, 7) is 9.47. The lowest BCUT2D eigenvalue weighted by molar-refractivity contribution is -0.143. The van der Waals surface area contributed by atoms with Crippen LogP contribution < -0.4 is 16.0 Å². The molecule has 0 aromatic heterocycles. The topological polar surface area (TPSA) is 131 Å². The highest BCUT2D eigenvalue weighted by atomic mass is 16.2. The van der Waals surface area contributed by atoms with Crippen LogP contribution in [-0.2, 0) is 24.6 Å². The van der Waals surface area contributed by atoms with E-state index in [0.717, 1.165) is 5.56 Å². The van der Waals surface area contributed by atoms with Crippen molar-refractivity contribution in [3.8, 4) is 6.07 Å². The Bertz CT molecular complexity index is 1040. The minimum atomic E-state index is -1.02. The third-order valence-corrected chi connectivity index (χ3v) is 6.53. The lowest BCUT2D eigenvalue weighted by Gasteiger charge is -2.31. The molecule has 3 N–H and O–H groups in total. The molecule has 1 aromatic rings. The summed E-state index contributed by atoms with van der Waals surface area (Å²) in [7, 11) is 0. The lowest BCUT2D eigenvalue weighted by atomic mass is 9.80. The molecule has 1 saturated heterocycles. The number of carbonyl (C=O) groups excluding carboxylic acids is 4. The van der Waals surface area contributed by atoms with Crippen LogP contribution in [0.4, 0.5) is 5.69 Å². The van der Waals surface area contributed by atoms with E-state index in [2.05, 4.69) is 22.0 Å². The van der Waals surface area contributed by atoms with E-state index >= 15 is 0 Å². The van der Waals surface area contributed by atoms with Gasteiger partial charge in [0.1, 0.15) is 12.1 Å². The van der Waals surface area contributed by atoms with E-state index in [1.54, 1.807) is 13.0 Å². The summed E-state index contributed by atoms with van der Waals surface area (Å²) in [5.41, 5.74) is 0.0776. The van der Waals surface area contributed by atoms with Gasteiger partial charge in [-0.25, -0.2) is 0 Å². The van der Waals surface area contributed by atoms with Gasteiger partial charge in [-0.05, 0) is 36.8 Å². The number of rotatable bonds is 5. The molecule has 0 bridgehead atoms. The van der Waals surface area contributed by atoms with Crippen LogP contribution >= 0.6 is 0 Å². The molecule has 1 fully saturated rings. The summed E-state index contributed by atoms with van der Waals surface area (Å²) >= 11 is 0. The number of fused-ring (bicyclic) bond motifs is 2. The van der Waals surface area contributed by atoms with Crippen molar-refractivity contribution in [3.05, 3.63) is 29.8 Å². The highest BCUT2D eigenvalue weighted by molar-refractivity contribution is 6.35. The van der Waals surface area contributed by atoms with Crippen molar-refractivity contribution in [2.45, 2.75) is 77.4 Å². The first-order chi connectivity index (χ1) is 15.9. The van der Waals surface area contributed by atoms with Crippen molar-refractivity contribution < 1.29 is 19.2 Å². The summed E-state index contributed by atoms with van der Waals surface area (Å²) in [4.78, 5) is 53.0. The Hall–Kier alpha value is -3.41. The number of carbonyl (C=O) groups is 4. The summed E-state index contributed by atoms with van der Waals surface area (Å²) in [5, 5.41) is 17.9. The first-order valence-electron chi connectivity index (χ1n) is 11.6. The Morgan fingerprint density at radius 1 is 1.24 bits per heavy atom. The van der Waals surface area contributed by atoms with Gasteiger partial charge in [0.25, 0.3) is 0 Å². The van der Waals surface area contributed by atoms with Crippen molar-refractivity contribution in [3.63, 3.8) is 0 Å². The Labute approximate surface area is 200 Å². The first kappa shape index (κ1) is 25.2. The summed E-state index contributed by atoms with van der Waals surface area (Å²) in [5.74, 6) is -2.41. The molecular formula is C25H33N5O4. The van der Waals surface area contributed by atoms with Gasteiger partial charge in [0, 0.05) is 24.7 Å². The van der Waals surface area contributed by atoms with Crippen LogP contribution in [0.25, 0.3) is 0 Å². The maximum absolute atomic E-state index is 13.7. The third kappa shape index (κ3) is 4.91. The molecule has 1 unspecified atom stereocenters. The number of para-hydroxylation sites is 1. The number of likely N-dealkylation sites (tertiary alicyclic amines) is 1. The van der Waals surface area contributed by atoms with Crippen molar-refractivity contribution in [1.29, 1.82) is 5.26 Å². The Morgan fingerprint density at radius 2 is 1.88 bits per heavy atom. The fraction of sp³-hybridized carbons (Fsp3) is 0.560. The van der Waals surface area contributed by atoms with Gasteiger partial charge in [-0.15, -0.1) is 0 Å². The molecule has 182 valence electrons. The van der Waals surface area contributed by atoms with E-state index in [4.69, 9.17) is 0 Å². The molecular weight excluding hydrogens is 434 g/mol. The van der Waals surface area contributed by atoms with Gasteiger partial charge in [-0.2, -0.15) is 5.26 Å². The molecule has 34 heavy (non-hydrogen) atoms.